The van der Waals surface area contributed by atoms with E-state index in [2.05, 4.69) is 26.6 Å². The summed E-state index contributed by atoms with van der Waals surface area (Å²) in [6.45, 7) is 0.483. The maximum absolute atomic E-state index is 12.2. The highest BCUT2D eigenvalue weighted by atomic mass is 79.9. The van der Waals surface area contributed by atoms with Crippen LogP contribution in [-0.2, 0) is 9.59 Å². The lowest BCUT2D eigenvalue weighted by Gasteiger charge is -2.19. The summed E-state index contributed by atoms with van der Waals surface area (Å²) in [6, 6.07) is 12.1. The molecule has 1 aliphatic heterocycles. The smallest absolute Gasteiger partial charge is 0.252 e. The second-order valence-corrected chi connectivity index (χ2v) is 7.10. The van der Waals surface area contributed by atoms with Crippen LogP contribution in [0.15, 0.2) is 46.9 Å². The van der Waals surface area contributed by atoms with Gasteiger partial charge in [-0.3, -0.25) is 14.4 Å². The Labute approximate surface area is 171 Å². The van der Waals surface area contributed by atoms with E-state index < -0.39 is 0 Å². The number of hydrogen-bond donors (Lipinski definition) is 2. The van der Waals surface area contributed by atoms with E-state index in [0.717, 1.165) is 6.42 Å². The summed E-state index contributed by atoms with van der Waals surface area (Å²) in [7, 11) is 1.52. The minimum absolute atomic E-state index is 0.0601. The van der Waals surface area contributed by atoms with Gasteiger partial charge >= 0.3 is 0 Å². The van der Waals surface area contributed by atoms with E-state index in [1.807, 2.05) is 0 Å². The molecular formula is C20H20BrN3O4. The van der Waals surface area contributed by atoms with Crippen molar-refractivity contribution in [3.05, 3.63) is 52.5 Å². The molecule has 1 saturated heterocycles. The number of nitrogens with zero attached hydrogens (tertiary/aromatic N) is 1. The zero-order valence-corrected chi connectivity index (χ0v) is 16.9. The third-order valence-electron chi connectivity index (χ3n) is 4.36. The van der Waals surface area contributed by atoms with E-state index in [1.54, 1.807) is 47.4 Å². The summed E-state index contributed by atoms with van der Waals surface area (Å²) in [4.78, 5) is 38.0. The topological polar surface area (TPSA) is 87.7 Å². The van der Waals surface area contributed by atoms with Crippen LogP contribution in [-0.4, -0.2) is 37.9 Å². The Morgan fingerprint density at radius 3 is 2.68 bits per heavy atom. The predicted octanol–water partition coefficient (Wildman–Crippen LogP) is 2.95. The number of carbonyl (C=O) groups is 3. The second kappa shape index (κ2) is 8.88. The molecule has 1 fully saturated rings. The monoisotopic (exact) mass is 445 g/mol. The van der Waals surface area contributed by atoms with Crippen LogP contribution in [0.3, 0.4) is 0 Å². The standard InChI is InChI=1S/C20H20BrN3O4/c1-28-17-11-13(8-9-16(17)24-10-4-7-19(24)26)23-18(25)12-22-20(27)14-5-2-3-6-15(14)21/h2-3,5-6,8-9,11H,4,7,10,12H2,1H3,(H,22,27)(H,23,25). The number of anilines is 2. The number of carbonyl (C=O) groups excluding carboxylic acids is 3. The molecule has 2 aromatic carbocycles. The highest BCUT2D eigenvalue weighted by molar-refractivity contribution is 9.10. The van der Waals surface area contributed by atoms with Gasteiger partial charge in [-0.05, 0) is 46.6 Å². The highest BCUT2D eigenvalue weighted by Gasteiger charge is 2.24. The van der Waals surface area contributed by atoms with Crippen molar-refractivity contribution in [3.8, 4) is 5.75 Å². The SMILES string of the molecule is COc1cc(NC(=O)CNC(=O)c2ccccc2Br)ccc1N1CCCC1=O. The lowest BCUT2D eigenvalue weighted by molar-refractivity contribution is -0.117. The molecule has 28 heavy (non-hydrogen) atoms. The van der Waals surface area contributed by atoms with E-state index in [-0.39, 0.29) is 24.3 Å². The first-order valence-electron chi connectivity index (χ1n) is 8.80. The van der Waals surface area contributed by atoms with Crippen LogP contribution in [0.1, 0.15) is 23.2 Å². The van der Waals surface area contributed by atoms with Gasteiger partial charge in [0.2, 0.25) is 11.8 Å². The van der Waals surface area contributed by atoms with Gasteiger partial charge < -0.3 is 20.3 Å². The molecule has 8 heteroatoms. The molecule has 0 atom stereocenters. The summed E-state index contributed by atoms with van der Waals surface area (Å²) in [5.41, 5.74) is 1.66. The quantitative estimate of drug-likeness (QED) is 0.715. The van der Waals surface area contributed by atoms with Gasteiger partial charge in [0.1, 0.15) is 5.75 Å². The van der Waals surface area contributed by atoms with Crippen molar-refractivity contribution >= 4 is 45.0 Å². The molecule has 0 spiro atoms. The van der Waals surface area contributed by atoms with Gasteiger partial charge in [0.05, 0.1) is 24.9 Å². The van der Waals surface area contributed by atoms with Crippen molar-refractivity contribution in [3.63, 3.8) is 0 Å². The minimum atomic E-state index is -0.368. The van der Waals surface area contributed by atoms with Crippen molar-refractivity contribution < 1.29 is 19.1 Å². The summed E-state index contributed by atoms with van der Waals surface area (Å²) >= 11 is 3.31. The van der Waals surface area contributed by atoms with E-state index >= 15 is 0 Å². The maximum atomic E-state index is 12.2. The molecular weight excluding hydrogens is 426 g/mol. The van der Waals surface area contributed by atoms with E-state index in [9.17, 15) is 14.4 Å². The van der Waals surface area contributed by atoms with Crippen molar-refractivity contribution in [2.24, 2.45) is 0 Å². The van der Waals surface area contributed by atoms with Crippen molar-refractivity contribution in [1.29, 1.82) is 0 Å². The van der Waals surface area contributed by atoms with Crippen LogP contribution < -0.4 is 20.3 Å². The number of halogens is 1. The number of benzene rings is 2. The van der Waals surface area contributed by atoms with Gasteiger partial charge in [0, 0.05) is 29.2 Å². The molecule has 0 saturated carbocycles. The maximum Gasteiger partial charge on any atom is 0.252 e. The first kappa shape index (κ1) is 19.9. The van der Waals surface area contributed by atoms with Gasteiger partial charge in [-0.15, -0.1) is 0 Å². The zero-order valence-electron chi connectivity index (χ0n) is 15.3. The number of methoxy groups -OCH3 is 1. The normalized spacial score (nSPS) is 13.4. The van der Waals surface area contributed by atoms with Crippen molar-refractivity contribution in [1.82, 2.24) is 5.32 Å². The lowest BCUT2D eigenvalue weighted by Crippen LogP contribution is -2.33. The van der Waals surface area contributed by atoms with Gasteiger partial charge in [-0.1, -0.05) is 12.1 Å². The number of amides is 3. The molecule has 0 aromatic heterocycles. The van der Waals surface area contributed by atoms with Gasteiger partial charge in [-0.25, -0.2) is 0 Å². The van der Waals surface area contributed by atoms with Crippen LogP contribution in [0, 0.1) is 0 Å². The summed E-state index contributed by atoms with van der Waals surface area (Å²) in [6.07, 6.45) is 1.34. The first-order chi connectivity index (χ1) is 13.5. The van der Waals surface area contributed by atoms with Crippen molar-refractivity contribution in [2.45, 2.75) is 12.8 Å². The molecule has 1 aliphatic rings. The number of hydrogen-bond acceptors (Lipinski definition) is 4. The third kappa shape index (κ3) is 4.51. The third-order valence-corrected chi connectivity index (χ3v) is 5.05. The lowest BCUT2D eigenvalue weighted by atomic mass is 10.2. The summed E-state index contributed by atoms with van der Waals surface area (Å²) < 4.78 is 6.03. The fourth-order valence-electron chi connectivity index (χ4n) is 2.99. The Morgan fingerprint density at radius 1 is 1.21 bits per heavy atom. The fraction of sp³-hybridized carbons (Fsp3) is 0.250. The van der Waals surface area contributed by atoms with Crippen LogP contribution in [0.25, 0.3) is 0 Å². The Kier molecular flexibility index (Phi) is 6.30. The van der Waals surface area contributed by atoms with Crippen LogP contribution in [0.4, 0.5) is 11.4 Å². The number of ether oxygens (including phenoxy) is 1. The molecule has 0 unspecified atom stereocenters. The molecule has 7 nitrogen and oxygen atoms in total. The van der Waals surface area contributed by atoms with Crippen LogP contribution in [0.5, 0.6) is 5.75 Å². The van der Waals surface area contributed by atoms with Crippen LogP contribution in [0.2, 0.25) is 0 Å². The molecule has 0 radical (unpaired) electrons. The molecule has 1 heterocycles. The highest BCUT2D eigenvalue weighted by Crippen LogP contribution is 2.33. The molecule has 2 aromatic rings. The largest absolute Gasteiger partial charge is 0.494 e. The van der Waals surface area contributed by atoms with Crippen molar-refractivity contribution in [2.75, 3.05) is 30.4 Å². The number of nitrogens with one attached hydrogen (secondary N) is 2. The Hall–Kier alpha value is -2.87. The van der Waals surface area contributed by atoms with Gasteiger partial charge in [-0.2, -0.15) is 0 Å². The Bertz CT molecular complexity index is 916. The predicted molar refractivity (Wildman–Crippen MR) is 110 cm³/mol. The van der Waals surface area contributed by atoms with E-state index in [0.29, 0.717) is 40.1 Å². The second-order valence-electron chi connectivity index (χ2n) is 6.25. The first-order valence-corrected chi connectivity index (χ1v) is 9.60. The number of rotatable bonds is 6. The van der Waals surface area contributed by atoms with Gasteiger partial charge in [0.15, 0.2) is 0 Å². The Balaban J connectivity index is 1.62. The molecule has 3 amide bonds. The molecule has 0 aliphatic carbocycles. The average Bonchev–Trinajstić information content (AvgIpc) is 3.12. The molecule has 3 rings (SSSR count). The average molecular weight is 446 g/mol. The van der Waals surface area contributed by atoms with E-state index in [4.69, 9.17) is 4.74 Å². The Morgan fingerprint density at radius 2 is 2.00 bits per heavy atom. The van der Waals surface area contributed by atoms with E-state index in [1.165, 1.54) is 7.11 Å². The van der Waals surface area contributed by atoms with Gasteiger partial charge in [0.25, 0.3) is 5.91 Å². The zero-order chi connectivity index (χ0) is 20.1. The molecule has 2 N–H and O–H groups in total. The summed E-state index contributed by atoms with van der Waals surface area (Å²) in [5, 5.41) is 5.30. The molecule has 146 valence electrons. The van der Waals surface area contributed by atoms with Crippen LogP contribution >= 0.6 is 15.9 Å². The minimum Gasteiger partial charge on any atom is -0.494 e. The summed E-state index contributed by atoms with van der Waals surface area (Å²) in [5.74, 6) is -0.147. The molecule has 0 bridgehead atoms. The fourth-order valence-corrected chi connectivity index (χ4v) is 3.45.